The lowest BCUT2D eigenvalue weighted by molar-refractivity contribution is -0.187. The summed E-state index contributed by atoms with van der Waals surface area (Å²) in [7, 11) is 0. The monoisotopic (exact) mass is 332 g/mol. The maximum absolute atomic E-state index is 13.2. The second-order valence-electron chi connectivity index (χ2n) is 5.10. The van der Waals surface area contributed by atoms with Gasteiger partial charge >= 0.3 is 12.3 Å². The van der Waals surface area contributed by atoms with Crippen LogP contribution >= 0.6 is 0 Å². The van der Waals surface area contributed by atoms with Gasteiger partial charge in [0.1, 0.15) is 6.04 Å². The number of halogens is 3. The van der Waals surface area contributed by atoms with Crippen LogP contribution in [0.1, 0.15) is 31.4 Å². The molecule has 1 aliphatic rings. The van der Waals surface area contributed by atoms with Gasteiger partial charge in [-0.15, -0.1) is 5.53 Å². The lowest BCUT2D eigenvalue weighted by Gasteiger charge is -2.40. The van der Waals surface area contributed by atoms with Crippen LogP contribution in [0.15, 0.2) is 30.3 Å². The second kappa shape index (κ2) is 7.62. The standard InChI is InChI=1S/C14H19F3N4O2/c1-2-3-9-23-13(22)21-19-11(10-7-5-4-6-8-10)12(18-20-21)14(15,16)17/h4-8,11-12,18-20H,2-3,9H2,1H3. The van der Waals surface area contributed by atoms with Gasteiger partial charge in [0, 0.05) is 0 Å². The SMILES string of the molecule is CCCCOC(=O)N1NNC(C(F)(F)F)C(c2ccccc2)N1. The van der Waals surface area contributed by atoms with Crippen LogP contribution in [0.25, 0.3) is 0 Å². The van der Waals surface area contributed by atoms with Gasteiger partial charge in [-0.3, -0.25) is 0 Å². The number of hydrogen-bond acceptors (Lipinski definition) is 5. The molecule has 23 heavy (non-hydrogen) atoms. The third-order valence-electron chi connectivity index (χ3n) is 3.35. The van der Waals surface area contributed by atoms with Gasteiger partial charge in [-0.1, -0.05) is 43.7 Å². The molecule has 1 aromatic rings. The summed E-state index contributed by atoms with van der Waals surface area (Å²) in [4.78, 5) is 11.9. The number of unbranched alkanes of at least 4 members (excludes halogenated alkanes) is 1. The number of rotatable bonds is 4. The van der Waals surface area contributed by atoms with E-state index in [2.05, 4.69) is 16.4 Å². The zero-order valence-electron chi connectivity index (χ0n) is 12.6. The van der Waals surface area contributed by atoms with E-state index in [1.165, 1.54) is 0 Å². The molecule has 0 spiro atoms. The number of benzene rings is 1. The molecule has 0 aromatic heterocycles. The van der Waals surface area contributed by atoms with Crippen molar-refractivity contribution >= 4 is 6.09 Å². The van der Waals surface area contributed by atoms with Gasteiger partial charge < -0.3 is 4.74 Å². The van der Waals surface area contributed by atoms with E-state index in [4.69, 9.17) is 4.74 Å². The van der Waals surface area contributed by atoms with Crippen molar-refractivity contribution in [3.63, 3.8) is 0 Å². The number of nitrogens with one attached hydrogen (secondary N) is 3. The maximum atomic E-state index is 13.2. The summed E-state index contributed by atoms with van der Waals surface area (Å²) >= 11 is 0. The summed E-state index contributed by atoms with van der Waals surface area (Å²) in [6.45, 7) is 2.14. The Morgan fingerprint density at radius 1 is 1.30 bits per heavy atom. The minimum atomic E-state index is -4.50. The largest absolute Gasteiger partial charge is 0.447 e. The van der Waals surface area contributed by atoms with Crippen molar-refractivity contribution in [1.82, 2.24) is 21.5 Å². The van der Waals surface area contributed by atoms with Crippen molar-refractivity contribution in [2.75, 3.05) is 6.61 Å². The van der Waals surface area contributed by atoms with Crippen molar-refractivity contribution < 1.29 is 22.7 Å². The minimum absolute atomic E-state index is 0.202. The van der Waals surface area contributed by atoms with E-state index in [9.17, 15) is 18.0 Å². The van der Waals surface area contributed by atoms with Crippen LogP contribution in [0.4, 0.5) is 18.0 Å². The average molecular weight is 332 g/mol. The number of ether oxygens (including phenoxy) is 1. The Morgan fingerprint density at radius 3 is 2.61 bits per heavy atom. The summed E-state index contributed by atoms with van der Waals surface area (Å²) in [5.74, 6) is 0. The van der Waals surface area contributed by atoms with Gasteiger partial charge in [0.2, 0.25) is 0 Å². The number of nitrogens with zero attached hydrogens (tertiary/aromatic N) is 1. The quantitative estimate of drug-likeness (QED) is 0.739. The number of hydrogen-bond donors (Lipinski definition) is 3. The molecule has 9 heteroatoms. The summed E-state index contributed by atoms with van der Waals surface area (Å²) in [6.07, 6.45) is -3.78. The molecule has 0 bridgehead atoms. The van der Waals surface area contributed by atoms with Crippen molar-refractivity contribution in [3.8, 4) is 0 Å². The van der Waals surface area contributed by atoms with Crippen molar-refractivity contribution in [2.45, 2.75) is 38.0 Å². The normalized spacial score (nSPS) is 22.0. The first-order chi connectivity index (χ1) is 10.9. The van der Waals surface area contributed by atoms with Crippen LogP contribution in [0.3, 0.4) is 0 Å². The smallest absolute Gasteiger partial charge is 0.440 e. The van der Waals surface area contributed by atoms with E-state index in [0.717, 1.165) is 11.5 Å². The number of alkyl halides is 3. The molecule has 0 radical (unpaired) electrons. The molecule has 6 nitrogen and oxygen atoms in total. The fourth-order valence-electron chi connectivity index (χ4n) is 2.13. The number of hydrazine groups is 3. The van der Waals surface area contributed by atoms with Gasteiger partial charge in [0.25, 0.3) is 0 Å². The average Bonchev–Trinajstić information content (AvgIpc) is 2.54. The van der Waals surface area contributed by atoms with Crippen molar-refractivity contribution in [1.29, 1.82) is 0 Å². The molecule has 0 saturated carbocycles. The lowest BCUT2D eigenvalue weighted by atomic mass is 9.99. The van der Waals surface area contributed by atoms with Crippen molar-refractivity contribution in [2.24, 2.45) is 0 Å². The summed E-state index contributed by atoms with van der Waals surface area (Å²) in [5, 5.41) is 0.787. The minimum Gasteiger partial charge on any atom is -0.447 e. The molecule has 128 valence electrons. The van der Waals surface area contributed by atoms with Gasteiger partial charge in [0.05, 0.1) is 12.6 Å². The van der Waals surface area contributed by atoms with Crippen LogP contribution in [0, 0.1) is 0 Å². The predicted molar refractivity (Wildman–Crippen MR) is 76.5 cm³/mol. The molecular weight excluding hydrogens is 313 g/mol. The van der Waals surface area contributed by atoms with Crippen LogP contribution in [-0.2, 0) is 4.74 Å². The Labute approximate surface area is 131 Å². The van der Waals surface area contributed by atoms with E-state index in [1.807, 2.05) is 6.92 Å². The van der Waals surface area contributed by atoms with Crippen LogP contribution in [0.2, 0.25) is 0 Å². The fraction of sp³-hybridized carbons (Fsp3) is 0.500. The second-order valence-corrected chi connectivity index (χ2v) is 5.10. The molecule has 1 amide bonds. The third-order valence-corrected chi connectivity index (χ3v) is 3.35. The molecular formula is C14H19F3N4O2. The first-order valence-electron chi connectivity index (χ1n) is 7.29. The Balaban J connectivity index is 2.11. The summed E-state index contributed by atoms with van der Waals surface area (Å²) in [6, 6.07) is 5.03. The molecule has 2 rings (SSSR count). The zero-order valence-corrected chi connectivity index (χ0v) is 12.6. The molecule has 3 N–H and O–H groups in total. The maximum Gasteiger partial charge on any atom is 0.440 e. The number of amides is 1. The molecule has 2 unspecified atom stereocenters. The molecule has 1 heterocycles. The van der Waals surface area contributed by atoms with E-state index in [1.54, 1.807) is 30.3 Å². The van der Waals surface area contributed by atoms with Gasteiger partial charge in [-0.25, -0.2) is 15.6 Å². The first kappa shape index (κ1) is 17.5. The highest BCUT2D eigenvalue weighted by Gasteiger charge is 2.48. The highest BCUT2D eigenvalue weighted by molar-refractivity contribution is 5.66. The molecule has 0 aliphatic carbocycles. The Bertz CT molecular complexity index is 512. The van der Waals surface area contributed by atoms with E-state index in [0.29, 0.717) is 12.0 Å². The van der Waals surface area contributed by atoms with Crippen LogP contribution < -0.4 is 16.4 Å². The Morgan fingerprint density at radius 2 is 2.00 bits per heavy atom. The Kier molecular flexibility index (Phi) is 5.80. The van der Waals surface area contributed by atoms with E-state index < -0.39 is 24.4 Å². The predicted octanol–water partition coefficient (Wildman–Crippen LogP) is 2.42. The highest BCUT2D eigenvalue weighted by Crippen LogP contribution is 2.31. The van der Waals surface area contributed by atoms with Gasteiger partial charge in [-0.2, -0.15) is 18.3 Å². The van der Waals surface area contributed by atoms with Crippen LogP contribution in [-0.4, -0.2) is 30.0 Å². The first-order valence-corrected chi connectivity index (χ1v) is 7.29. The molecule has 1 aromatic carbocycles. The van der Waals surface area contributed by atoms with E-state index >= 15 is 0 Å². The number of carbonyl (C=O) groups excluding carboxylic acids is 1. The summed E-state index contributed by atoms with van der Waals surface area (Å²) in [5.41, 5.74) is 7.21. The van der Waals surface area contributed by atoms with Crippen molar-refractivity contribution in [3.05, 3.63) is 35.9 Å². The number of carbonyl (C=O) groups is 1. The third kappa shape index (κ3) is 4.57. The zero-order chi connectivity index (χ0) is 16.9. The van der Waals surface area contributed by atoms with E-state index in [-0.39, 0.29) is 6.61 Å². The van der Waals surface area contributed by atoms with Gasteiger partial charge in [-0.05, 0) is 12.0 Å². The topological polar surface area (TPSA) is 65.6 Å². The van der Waals surface area contributed by atoms with Crippen LogP contribution in [0.5, 0.6) is 0 Å². The molecule has 1 fully saturated rings. The molecule has 1 saturated heterocycles. The van der Waals surface area contributed by atoms with Gasteiger partial charge in [0.15, 0.2) is 0 Å². The summed E-state index contributed by atoms with van der Waals surface area (Å²) < 4.78 is 44.5. The lowest BCUT2D eigenvalue weighted by Crippen LogP contribution is -2.71. The fourth-order valence-corrected chi connectivity index (χ4v) is 2.13. The molecule has 1 aliphatic heterocycles. The molecule has 2 atom stereocenters. The Hall–Kier alpha value is -1.84. The highest BCUT2D eigenvalue weighted by atomic mass is 19.4.